The van der Waals surface area contributed by atoms with Crippen LogP contribution in [0.1, 0.15) is 37.3 Å². The molecule has 152 valence electrons. The van der Waals surface area contributed by atoms with E-state index >= 15 is 0 Å². The van der Waals surface area contributed by atoms with Gasteiger partial charge >= 0.3 is 13.6 Å². The average molecular weight is 412 g/mol. The summed E-state index contributed by atoms with van der Waals surface area (Å²) in [6.45, 7) is 1.85. The van der Waals surface area contributed by atoms with Crippen molar-refractivity contribution in [2.75, 3.05) is 0 Å². The van der Waals surface area contributed by atoms with Gasteiger partial charge in [0.15, 0.2) is 0 Å². The highest BCUT2D eigenvalue weighted by Crippen LogP contribution is 2.55. The molecule has 0 aromatic heterocycles. The summed E-state index contributed by atoms with van der Waals surface area (Å²) >= 11 is 0. The number of carbonyl (C=O) groups is 1. The first-order valence-electron chi connectivity index (χ1n) is 9.62. The van der Waals surface area contributed by atoms with Crippen molar-refractivity contribution in [2.24, 2.45) is 0 Å². The minimum atomic E-state index is -4.05. The van der Waals surface area contributed by atoms with E-state index in [9.17, 15) is 19.4 Å². The van der Waals surface area contributed by atoms with E-state index in [2.05, 4.69) is 0 Å². The highest BCUT2D eigenvalue weighted by atomic mass is 31.2. The van der Waals surface area contributed by atoms with Gasteiger partial charge in [0, 0.05) is 6.42 Å². The number of fused-ring (bicyclic) bond motifs is 1. The Balaban J connectivity index is 2.05. The zero-order valence-electron chi connectivity index (χ0n) is 16.3. The number of rotatable bonds is 9. The third-order valence-electron chi connectivity index (χ3n) is 5.14. The Morgan fingerprint density at radius 1 is 1.00 bits per heavy atom. The first-order valence-corrected chi connectivity index (χ1v) is 11.4. The van der Waals surface area contributed by atoms with Crippen molar-refractivity contribution in [1.82, 2.24) is 0 Å². The number of hydrogen-bond donors (Lipinski definition) is 2. The molecule has 5 nitrogen and oxygen atoms in total. The predicted octanol–water partition coefficient (Wildman–Crippen LogP) is 5.71. The zero-order chi connectivity index (χ0) is 20.9. The molecule has 2 N–H and O–H groups in total. The second-order valence-corrected chi connectivity index (χ2v) is 8.91. The molecule has 0 aliphatic heterocycles. The van der Waals surface area contributed by atoms with Crippen molar-refractivity contribution in [1.29, 1.82) is 0 Å². The fraction of sp³-hybridized carbons (Fsp3) is 0.261. The molecule has 2 unspecified atom stereocenters. The molecule has 2 atom stereocenters. The quantitative estimate of drug-likeness (QED) is 0.440. The minimum Gasteiger partial charge on any atom is -0.481 e. The van der Waals surface area contributed by atoms with Crippen molar-refractivity contribution in [3.05, 3.63) is 83.9 Å². The van der Waals surface area contributed by atoms with E-state index in [-0.39, 0.29) is 19.0 Å². The van der Waals surface area contributed by atoms with E-state index in [4.69, 9.17) is 4.52 Å². The van der Waals surface area contributed by atoms with Gasteiger partial charge in [0.25, 0.3) is 0 Å². The summed E-state index contributed by atoms with van der Waals surface area (Å²) in [5.74, 6) is -0.970. The summed E-state index contributed by atoms with van der Waals surface area (Å²) in [4.78, 5) is 22.0. The first-order chi connectivity index (χ1) is 13.9. The Morgan fingerprint density at radius 3 is 2.34 bits per heavy atom. The molecular formula is C23H25O5P. The summed E-state index contributed by atoms with van der Waals surface area (Å²) in [7, 11) is -4.05. The molecule has 0 saturated carbocycles. The monoisotopic (exact) mass is 412 g/mol. The molecule has 0 bridgehead atoms. The molecule has 0 spiro atoms. The molecule has 3 aromatic carbocycles. The number of aliphatic carboxylic acids is 1. The van der Waals surface area contributed by atoms with Crippen LogP contribution in [0.5, 0.6) is 0 Å². The van der Waals surface area contributed by atoms with Gasteiger partial charge in [-0.25, -0.2) is 0 Å². The van der Waals surface area contributed by atoms with Gasteiger partial charge in [-0.2, -0.15) is 0 Å². The van der Waals surface area contributed by atoms with Crippen molar-refractivity contribution in [2.45, 2.75) is 37.9 Å². The maximum Gasteiger partial charge on any atom is 0.333 e. The standard InChI is InChI=1S/C23H25O5P/c1-2-23(16-15-22(24)25,21-14-8-12-19-11-6-7-13-20(19)21)28-29(26,27)17-18-9-4-3-5-10-18/h3-14H,2,15-17H2,1H3,(H,24,25)(H,26,27). The van der Waals surface area contributed by atoms with Gasteiger partial charge in [-0.15, -0.1) is 0 Å². The molecule has 0 heterocycles. The van der Waals surface area contributed by atoms with Crippen LogP contribution in [0.3, 0.4) is 0 Å². The number of benzene rings is 3. The van der Waals surface area contributed by atoms with Crippen LogP contribution < -0.4 is 0 Å². The summed E-state index contributed by atoms with van der Waals surface area (Å²) in [6.07, 6.45) is 0.176. The molecular weight excluding hydrogens is 387 g/mol. The fourth-order valence-electron chi connectivity index (χ4n) is 3.71. The van der Waals surface area contributed by atoms with Crippen LogP contribution in [-0.4, -0.2) is 16.0 Å². The van der Waals surface area contributed by atoms with Crippen molar-refractivity contribution >= 4 is 24.3 Å². The molecule has 3 aromatic rings. The first kappa shape index (κ1) is 21.3. The average Bonchev–Trinajstić information content (AvgIpc) is 2.71. The van der Waals surface area contributed by atoms with Crippen LogP contribution in [-0.2, 0) is 25.6 Å². The van der Waals surface area contributed by atoms with Gasteiger partial charge in [-0.05, 0) is 34.7 Å². The lowest BCUT2D eigenvalue weighted by Crippen LogP contribution is -2.29. The third-order valence-corrected chi connectivity index (χ3v) is 6.54. The van der Waals surface area contributed by atoms with Gasteiger partial charge in [0.2, 0.25) is 0 Å². The lowest BCUT2D eigenvalue weighted by atomic mass is 9.84. The third kappa shape index (κ3) is 5.13. The van der Waals surface area contributed by atoms with Gasteiger partial charge < -0.3 is 10.00 Å². The van der Waals surface area contributed by atoms with Crippen LogP contribution >= 0.6 is 7.60 Å². The number of hydrogen-bond acceptors (Lipinski definition) is 3. The Kier molecular flexibility index (Phi) is 6.53. The normalized spacial score (nSPS) is 15.5. The molecule has 29 heavy (non-hydrogen) atoms. The Hall–Kier alpha value is -2.46. The second kappa shape index (κ2) is 8.91. The van der Waals surface area contributed by atoms with E-state index in [1.165, 1.54) is 0 Å². The van der Waals surface area contributed by atoms with E-state index in [0.29, 0.717) is 12.0 Å². The Labute approximate surface area is 170 Å². The SMILES string of the molecule is CCC(CCC(=O)O)(OP(=O)(O)Cc1ccccc1)c1cccc2ccccc12. The maximum absolute atomic E-state index is 13.1. The van der Waals surface area contributed by atoms with Crippen LogP contribution in [0.25, 0.3) is 10.8 Å². The van der Waals surface area contributed by atoms with Crippen molar-refractivity contribution in [3.8, 4) is 0 Å². The number of carboxylic acids is 1. The van der Waals surface area contributed by atoms with Crippen molar-refractivity contribution in [3.63, 3.8) is 0 Å². The van der Waals surface area contributed by atoms with Gasteiger partial charge in [-0.3, -0.25) is 13.9 Å². The molecule has 3 rings (SSSR count). The smallest absolute Gasteiger partial charge is 0.333 e. The van der Waals surface area contributed by atoms with Gasteiger partial charge in [0.1, 0.15) is 5.60 Å². The predicted molar refractivity (Wildman–Crippen MR) is 114 cm³/mol. The van der Waals surface area contributed by atoms with Crippen LogP contribution in [0.2, 0.25) is 0 Å². The lowest BCUT2D eigenvalue weighted by Gasteiger charge is -2.35. The molecule has 6 heteroatoms. The lowest BCUT2D eigenvalue weighted by molar-refractivity contribution is -0.138. The van der Waals surface area contributed by atoms with Gasteiger partial charge in [-0.1, -0.05) is 79.7 Å². The largest absolute Gasteiger partial charge is 0.481 e. The maximum atomic E-state index is 13.1. The highest BCUT2D eigenvalue weighted by Gasteiger charge is 2.40. The minimum absolute atomic E-state index is 0.103. The summed E-state index contributed by atoms with van der Waals surface area (Å²) in [5.41, 5.74) is 0.249. The summed E-state index contributed by atoms with van der Waals surface area (Å²) in [5, 5.41) is 11.1. The summed E-state index contributed by atoms with van der Waals surface area (Å²) in [6, 6.07) is 22.4. The highest BCUT2D eigenvalue weighted by molar-refractivity contribution is 7.52. The summed E-state index contributed by atoms with van der Waals surface area (Å²) < 4.78 is 19.1. The molecule has 0 radical (unpaired) electrons. The molecule has 0 fully saturated rings. The molecule has 0 aliphatic rings. The van der Waals surface area contributed by atoms with Crippen LogP contribution in [0, 0.1) is 0 Å². The Bertz CT molecular complexity index is 1030. The van der Waals surface area contributed by atoms with E-state index in [1.54, 1.807) is 24.3 Å². The van der Waals surface area contributed by atoms with Crippen LogP contribution in [0.15, 0.2) is 72.8 Å². The topological polar surface area (TPSA) is 83.8 Å². The fourth-order valence-corrected chi connectivity index (χ4v) is 5.31. The molecule has 0 amide bonds. The van der Waals surface area contributed by atoms with E-state index in [1.807, 2.05) is 55.5 Å². The zero-order valence-corrected chi connectivity index (χ0v) is 17.2. The van der Waals surface area contributed by atoms with Crippen molar-refractivity contribution < 1.29 is 23.9 Å². The second-order valence-electron chi connectivity index (χ2n) is 7.14. The van der Waals surface area contributed by atoms with Gasteiger partial charge in [0.05, 0.1) is 6.16 Å². The van der Waals surface area contributed by atoms with E-state index < -0.39 is 19.2 Å². The van der Waals surface area contributed by atoms with E-state index in [0.717, 1.165) is 16.3 Å². The van der Waals surface area contributed by atoms with Crippen LogP contribution in [0.4, 0.5) is 0 Å². The molecule has 0 saturated heterocycles. The Morgan fingerprint density at radius 2 is 1.66 bits per heavy atom. The molecule has 0 aliphatic carbocycles. The number of carboxylic acid groups (broad SMARTS) is 1.